The molecule has 4 aromatic rings. The molecule has 0 radical (unpaired) electrons. The monoisotopic (exact) mass is 495 g/mol. The average Bonchev–Trinajstić information content (AvgIpc) is 3.17. The van der Waals surface area contributed by atoms with Crippen molar-refractivity contribution in [3.05, 3.63) is 86.3 Å². The van der Waals surface area contributed by atoms with E-state index in [2.05, 4.69) is 26.3 Å². The SMILES string of the molecule is CCOC(=O)c1cnn(-c2ccc(C)cc2)c1NC(=O)c1cc2cc(Br)ccc2oc1=O. The molecule has 162 valence electrons. The maximum absolute atomic E-state index is 13.1. The zero-order chi connectivity index (χ0) is 22.8. The maximum Gasteiger partial charge on any atom is 0.349 e. The number of amides is 1. The number of hydrogen-bond donors (Lipinski definition) is 1. The Morgan fingerprint density at radius 3 is 2.59 bits per heavy atom. The summed E-state index contributed by atoms with van der Waals surface area (Å²) in [7, 11) is 0. The summed E-state index contributed by atoms with van der Waals surface area (Å²) in [5, 5.41) is 7.45. The van der Waals surface area contributed by atoms with Crippen molar-refractivity contribution in [1.82, 2.24) is 9.78 Å². The van der Waals surface area contributed by atoms with Crippen LogP contribution in [0.15, 0.2) is 68.4 Å². The summed E-state index contributed by atoms with van der Waals surface area (Å²) in [5.74, 6) is -1.29. The largest absolute Gasteiger partial charge is 0.462 e. The number of aryl methyl sites for hydroxylation is 1. The second-order valence-electron chi connectivity index (χ2n) is 6.96. The van der Waals surface area contributed by atoms with E-state index >= 15 is 0 Å². The first-order valence-electron chi connectivity index (χ1n) is 9.74. The molecule has 0 unspecified atom stereocenters. The summed E-state index contributed by atoms with van der Waals surface area (Å²) in [4.78, 5) is 38.0. The highest BCUT2D eigenvalue weighted by Gasteiger charge is 2.23. The van der Waals surface area contributed by atoms with E-state index in [-0.39, 0.29) is 23.6 Å². The fourth-order valence-electron chi connectivity index (χ4n) is 3.14. The van der Waals surface area contributed by atoms with Crippen molar-refractivity contribution in [3.63, 3.8) is 0 Å². The van der Waals surface area contributed by atoms with Crippen LogP contribution in [0, 0.1) is 6.92 Å². The van der Waals surface area contributed by atoms with Crippen molar-refractivity contribution in [1.29, 1.82) is 0 Å². The lowest BCUT2D eigenvalue weighted by molar-refractivity contribution is 0.0527. The summed E-state index contributed by atoms with van der Waals surface area (Å²) < 4.78 is 12.5. The summed E-state index contributed by atoms with van der Waals surface area (Å²) in [6, 6.07) is 13.9. The van der Waals surface area contributed by atoms with Gasteiger partial charge in [0, 0.05) is 9.86 Å². The van der Waals surface area contributed by atoms with Crippen LogP contribution >= 0.6 is 15.9 Å². The molecule has 0 aliphatic heterocycles. The van der Waals surface area contributed by atoms with E-state index in [1.165, 1.54) is 16.9 Å². The third kappa shape index (κ3) is 4.19. The second kappa shape index (κ2) is 8.80. The number of carbonyl (C=O) groups is 2. The molecule has 1 N–H and O–H groups in total. The van der Waals surface area contributed by atoms with Crippen molar-refractivity contribution in [3.8, 4) is 5.69 Å². The normalized spacial score (nSPS) is 10.8. The molecule has 2 heterocycles. The number of carbonyl (C=O) groups excluding carboxylic acids is 2. The van der Waals surface area contributed by atoms with E-state index < -0.39 is 17.5 Å². The van der Waals surface area contributed by atoms with E-state index in [0.29, 0.717) is 16.7 Å². The number of rotatable bonds is 5. The highest BCUT2D eigenvalue weighted by molar-refractivity contribution is 9.10. The standard InChI is InChI=1S/C23H18BrN3O5/c1-3-31-22(29)18-12-25-27(16-7-4-13(2)5-8-16)20(18)26-21(28)17-11-14-10-15(24)6-9-19(14)32-23(17)30/h4-12H,3H2,1-2H3,(H,26,28). The molecule has 0 aliphatic carbocycles. The molecule has 0 fully saturated rings. The van der Waals surface area contributed by atoms with Gasteiger partial charge in [-0.2, -0.15) is 5.10 Å². The van der Waals surface area contributed by atoms with Crippen molar-refractivity contribution >= 4 is 44.6 Å². The minimum Gasteiger partial charge on any atom is -0.462 e. The summed E-state index contributed by atoms with van der Waals surface area (Å²) in [6.45, 7) is 3.78. The maximum atomic E-state index is 13.1. The van der Waals surface area contributed by atoms with Gasteiger partial charge in [-0.3, -0.25) is 4.79 Å². The number of anilines is 1. The van der Waals surface area contributed by atoms with Gasteiger partial charge in [-0.25, -0.2) is 14.3 Å². The van der Waals surface area contributed by atoms with Gasteiger partial charge in [-0.15, -0.1) is 0 Å². The Balaban J connectivity index is 1.78. The quantitative estimate of drug-likeness (QED) is 0.323. The van der Waals surface area contributed by atoms with Crippen molar-refractivity contribution in [2.75, 3.05) is 11.9 Å². The van der Waals surface area contributed by atoms with Crippen LogP contribution in [0.3, 0.4) is 0 Å². The number of fused-ring (bicyclic) bond motifs is 1. The number of nitrogens with zero attached hydrogens (tertiary/aromatic N) is 2. The molecule has 9 heteroatoms. The Labute approximate surface area is 190 Å². The molecule has 0 saturated heterocycles. The summed E-state index contributed by atoms with van der Waals surface area (Å²) >= 11 is 3.36. The number of nitrogens with one attached hydrogen (secondary N) is 1. The van der Waals surface area contributed by atoms with Crippen LogP contribution in [-0.2, 0) is 4.74 Å². The molecule has 2 aromatic heterocycles. The van der Waals surface area contributed by atoms with Gasteiger partial charge < -0.3 is 14.5 Å². The van der Waals surface area contributed by atoms with Gasteiger partial charge >= 0.3 is 11.6 Å². The van der Waals surface area contributed by atoms with Crippen LogP contribution in [0.2, 0.25) is 0 Å². The van der Waals surface area contributed by atoms with E-state index in [0.717, 1.165) is 10.0 Å². The van der Waals surface area contributed by atoms with Crippen LogP contribution in [0.4, 0.5) is 5.82 Å². The lowest BCUT2D eigenvalue weighted by atomic mass is 10.1. The molecule has 8 nitrogen and oxygen atoms in total. The fraction of sp³-hybridized carbons (Fsp3) is 0.130. The summed E-state index contributed by atoms with van der Waals surface area (Å²) in [5.41, 5.74) is 1.08. The molecule has 0 aliphatic rings. The van der Waals surface area contributed by atoms with E-state index in [9.17, 15) is 14.4 Å². The number of halogens is 1. The van der Waals surface area contributed by atoms with Gasteiger partial charge in [0.05, 0.1) is 18.5 Å². The predicted octanol–water partition coefficient (Wildman–Crippen LogP) is 4.48. The highest BCUT2D eigenvalue weighted by Crippen LogP contribution is 2.23. The van der Waals surface area contributed by atoms with E-state index in [1.807, 2.05) is 19.1 Å². The van der Waals surface area contributed by atoms with Crippen LogP contribution in [0.5, 0.6) is 0 Å². The Morgan fingerprint density at radius 1 is 1.12 bits per heavy atom. The zero-order valence-electron chi connectivity index (χ0n) is 17.2. The van der Waals surface area contributed by atoms with Gasteiger partial charge in [0.2, 0.25) is 0 Å². The second-order valence-corrected chi connectivity index (χ2v) is 7.87. The van der Waals surface area contributed by atoms with E-state index in [1.54, 1.807) is 37.3 Å². The van der Waals surface area contributed by atoms with Gasteiger partial charge in [-0.1, -0.05) is 33.6 Å². The third-order valence-electron chi connectivity index (χ3n) is 4.71. The number of ether oxygens (including phenoxy) is 1. The topological polar surface area (TPSA) is 103 Å². The Hall–Kier alpha value is -3.72. The van der Waals surface area contributed by atoms with Gasteiger partial charge in [0.1, 0.15) is 16.7 Å². The van der Waals surface area contributed by atoms with E-state index in [4.69, 9.17) is 9.15 Å². The first kappa shape index (κ1) is 21.5. The minimum absolute atomic E-state index is 0.0636. The molecule has 1 amide bonds. The molecule has 32 heavy (non-hydrogen) atoms. The lowest BCUT2D eigenvalue weighted by Gasteiger charge is -2.11. The van der Waals surface area contributed by atoms with Crippen molar-refractivity contribution in [2.45, 2.75) is 13.8 Å². The first-order valence-corrected chi connectivity index (χ1v) is 10.5. The number of benzene rings is 2. The molecular weight excluding hydrogens is 478 g/mol. The van der Waals surface area contributed by atoms with Crippen molar-refractivity contribution < 1.29 is 18.7 Å². The van der Waals surface area contributed by atoms with Crippen LogP contribution < -0.4 is 10.9 Å². The Morgan fingerprint density at radius 2 is 1.88 bits per heavy atom. The number of esters is 1. The van der Waals surface area contributed by atoms with Gasteiger partial charge in [0.15, 0.2) is 5.82 Å². The molecule has 2 aromatic carbocycles. The average molecular weight is 496 g/mol. The molecule has 0 spiro atoms. The lowest BCUT2D eigenvalue weighted by Crippen LogP contribution is -2.23. The Bertz CT molecular complexity index is 1390. The zero-order valence-corrected chi connectivity index (χ0v) is 18.8. The van der Waals surface area contributed by atoms with Gasteiger partial charge in [0.25, 0.3) is 5.91 Å². The smallest absolute Gasteiger partial charge is 0.349 e. The molecule has 4 rings (SSSR count). The summed E-state index contributed by atoms with van der Waals surface area (Å²) in [6.07, 6.45) is 1.31. The molecule has 0 atom stereocenters. The van der Waals surface area contributed by atoms with Gasteiger partial charge in [-0.05, 0) is 50.2 Å². The molecule has 0 saturated carbocycles. The van der Waals surface area contributed by atoms with Crippen molar-refractivity contribution in [2.24, 2.45) is 0 Å². The van der Waals surface area contributed by atoms with Crippen LogP contribution in [-0.4, -0.2) is 28.3 Å². The molecule has 0 bridgehead atoms. The minimum atomic E-state index is -0.795. The first-order chi connectivity index (χ1) is 15.4. The highest BCUT2D eigenvalue weighted by atomic mass is 79.9. The van der Waals surface area contributed by atoms with Crippen LogP contribution in [0.1, 0.15) is 33.2 Å². The molecular formula is C23H18BrN3O5. The van der Waals surface area contributed by atoms with Crippen LogP contribution in [0.25, 0.3) is 16.7 Å². The fourth-order valence-corrected chi connectivity index (χ4v) is 3.51. The number of aromatic nitrogens is 2. The number of hydrogen-bond acceptors (Lipinski definition) is 6. The Kier molecular flexibility index (Phi) is 5.91. The predicted molar refractivity (Wildman–Crippen MR) is 122 cm³/mol. The third-order valence-corrected chi connectivity index (χ3v) is 5.21.